The zero-order valence-corrected chi connectivity index (χ0v) is 52.2. The highest BCUT2D eigenvalue weighted by Gasteiger charge is 2.22. The quantitative estimate of drug-likeness (QED) is 0.0195. The van der Waals surface area contributed by atoms with Gasteiger partial charge in [0.25, 0.3) is 7.82 Å². The molecule has 0 saturated heterocycles. The fraction of sp³-hybridized carbons (Fsp3) is 0.765. The van der Waals surface area contributed by atoms with Crippen molar-refractivity contribution in [3.63, 3.8) is 0 Å². The number of nitrogens with zero attached hydrogens (tertiary/aromatic N) is 1. The maximum Gasteiger partial charge on any atom is 0.306 e. The molecule has 0 saturated carbocycles. The Morgan fingerprint density at radius 2 is 0.731 bits per heavy atom. The first kappa shape index (κ1) is 75.2. The van der Waals surface area contributed by atoms with E-state index in [9.17, 15) is 19.0 Å². The molecule has 10 heteroatoms. The molecule has 0 aromatic heterocycles. The van der Waals surface area contributed by atoms with Crippen molar-refractivity contribution in [2.45, 2.75) is 290 Å². The molecule has 0 N–H and O–H groups in total. The highest BCUT2D eigenvalue weighted by Crippen LogP contribution is 2.38. The number of carbonyl (C=O) groups is 2. The van der Waals surface area contributed by atoms with Crippen molar-refractivity contribution in [2.24, 2.45) is 0 Å². The summed E-state index contributed by atoms with van der Waals surface area (Å²) < 4.78 is 34.3. The number of phosphoric ester groups is 1. The van der Waals surface area contributed by atoms with E-state index in [-0.39, 0.29) is 32.0 Å². The Morgan fingerprint density at radius 1 is 0.410 bits per heavy atom. The molecule has 0 aliphatic rings. The molecule has 0 aromatic carbocycles. The molecule has 452 valence electrons. The molecule has 2 unspecified atom stereocenters. The minimum atomic E-state index is -4.64. The first-order valence-electron chi connectivity index (χ1n) is 32.3. The Morgan fingerprint density at radius 3 is 1.09 bits per heavy atom. The van der Waals surface area contributed by atoms with E-state index in [1.54, 1.807) is 0 Å². The second-order valence-corrected chi connectivity index (χ2v) is 24.2. The third-order valence-electron chi connectivity index (χ3n) is 13.9. The summed E-state index contributed by atoms with van der Waals surface area (Å²) in [5.74, 6) is -0.831. The third kappa shape index (κ3) is 62.4. The van der Waals surface area contributed by atoms with E-state index in [1.165, 1.54) is 173 Å². The topological polar surface area (TPSA) is 111 Å². The lowest BCUT2D eigenvalue weighted by atomic mass is 10.0. The van der Waals surface area contributed by atoms with Crippen molar-refractivity contribution < 1.29 is 42.1 Å². The largest absolute Gasteiger partial charge is 0.756 e. The van der Waals surface area contributed by atoms with Crippen LogP contribution in [0.3, 0.4) is 0 Å². The maximum atomic E-state index is 12.8. The van der Waals surface area contributed by atoms with E-state index >= 15 is 0 Å². The van der Waals surface area contributed by atoms with Crippen LogP contribution in [-0.2, 0) is 32.7 Å². The lowest BCUT2D eigenvalue weighted by molar-refractivity contribution is -0.870. The van der Waals surface area contributed by atoms with Gasteiger partial charge in [-0.25, -0.2) is 0 Å². The average molecular weight is 1110 g/mol. The summed E-state index contributed by atoms with van der Waals surface area (Å²) in [5.41, 5.74) is 0. The first-order chi connectivity index (χ1) is 38.0. The Bertz CT molecular complexity index is 1590. The van der Waals surface area contributed by atoms with Gasteiger partial charge in [-0.05, 0) is 89.9 Å². The molecule has 9 nitrogen and oxygen atoms in total. The van der Waals surface area contributed by atoms with Crippen LogP contribution >= 0.6 is 7.82 Å². The molecule has 0 aliphatic heterocycles. The molecule has 78 heavy (non-hydrogen) atoms. The molecule has 0 rings (SSSR count). The number of esters is 2. The number of hydrogen-bond donors (Lipinski definition) is 0. The van der Waals surface area contributed by atoms with Gasteiger partial charge in [-0.2, -0.15) is 0 Å². The van der Waals surface area contributed by atoms with Crippen LogP contribution in [0.15, 0.2) is 85.1 Å². The standard InChI is InChI=1S/C68H122NO8P/c1-6-8-10-12-14-16-18-20-22-24-26-28-30-32-33-34-35-37-38-40-42-44-46-48-50-52-54-56-58-60-67(70)74-64-66(65-76-78(72,73)75-63-62-69(3,4)5)77-68(71)61-59-57-55-53-51-49-47-45-43-41-39-36-31-29-27-25-23-21-19-17-15-13-11-9-7-2/h9,11,15,17-18,20-21,23-24,26-27,29-30,32,66H,6-8,10,12-14,16,19,22,25,28,31,33-65H2,1-5H3/b11-9-,17-15-,20-18-,23-21-,26-24-,29-27-,32-30-. The molecule has 0 fully saturated rings. The van der Waals surface area contributed by atoms with Gasteiger partial charge in [-0.3, -0.25) is 14.2 Å². The summed E-state index contributed by atoms with van der Waals surface area (Å²) in [6, 6.07) is 0. The third-order valence-corrected chi connectivity index (χ3v) is 14.9. The van der Waals surface area contributed by atoms with Crippen LogP contribution in [0.5, 0.6) is 0 Å². The number of allylic oxidation sites excluding steroid dienone is 14. The summed E-state index contributed by atoms with van der Waals surface area (Å²) in [5, 5.41) is 0. The predicted molar refractivity (Wildman–Crippen MR) is 332 cm³/mol. The number of carbonyl (C=O) groups excluding carboxylic acids is 2. The monoisotopic (exact) mass is 1110 g/mol. The van der Waals surface area contributed by atoms with Crippen LogP contribution in [0, 0.1) is 0 Å². The number of hydrogen-bond acceptors (Lipinski definition) is 8. The molecular weight excluding hydrogens is 990 g/mol. The van der Waals surface area contributed by atoms with Crippen molar-refractivity contribution in [1.29, 1.82) is 0 Å². The number of phosphoric acid groups is 1. The molecule has 0 spiro atoms. The van der Waals surface area contributed by atoms with Crippen LogP contribution in [0.4, 0.5) is 0 Å². The van der Waals surface area contributed by atoms with E-state index in [1.807, 2.05) is 21.1 Å². The van der Waals surface area contributed by atoms with E-state index in [0.717, 1.165) is 77.0 Å². The lowest BCUT2D eigenvalue weighted by Gasteiger charge is -2.28. The summed E-state index contributed by atoms with van der Waals surface area (Å²) >= 11 is 0. The van der Waals surface area contributed by atoms with Crippen molar-refractivity contribution in [2.75, 3.05) is 47.5 Å². The van der Waals surface area contributed by atoms with E-state index in [2.05, 4.69) is 98.9 Å². The molecular formula is C68H122NO8P. The normalized spacial score (nSPS) is 13.8. The van der Waals surface area contributed by atoms with Crippen LogP contribution in [-0.4, -0.2) is 70.0 Å². The Kier molecular flexibility index (Phi) is 56.7. The second-order valence-electron chi connectivity index (χ2n) is 22.7. The minimum Gasteiger partial charge on any atom is -0.756 e. The minimum absolute atomic E-state index is 0.0337. The van der Waals surface area contributed by atoms with Crippen LogP contribution in [0.2, 0.25) is 0 Å². The van der Waals surface area contributed by atoms with Crippen molar-refractivity contribution in [3.05, 3.63) is 85.1 Å². The highest BCUT2D eigenvalue weighted by molar-refractivity contribution is 7.45. The van der Waals surface area contributed by atoms with Gasteiger partial charge in [0.2, 0.25) is 0 Å². The van der Waals surface area contributed by atoms with Gasteiger partial charge in [0, 0.05) is 12.8 Å². The summed E-state index contributed by atoms with van der Waals surface area (Å²) in [4.78, 5) is 38.0. The Hall–Kier alpha value is -2.81. The van der Waals surface area contributed by atoms with E-state index < -0.39 is 26.5 Å². The maximum absolute atomic E-state index is 12.8. The summed E-state index contributed by atoms with van der Waals surface area (Å²) in [6.45, 7) is 4.14. The van der Waals surface area contributed by atoms with Gasteiger partial charge < -0.3 is 27.9 Å². The number of likely N-dealkylation sites (N-methyl/N-ethyl adjacent to an activating group) is 1. The van der Waals surface area contributed by atoms with Gasteiger partial charge in [0.05, 0.1) is 27.7 Å². The average Bonchev–Trinajstić information content (AvgIpc) is 3.40. The SMILES string of the molecule is CC/C=C\C/C=C\C/C=C\C/C=C\CCCCCCCCCCCCCCC(=O)OC(COC(=O)CCCCCCCCCCCCCCCC/C=C\C/C=C\C/C=C\CCCCCCC)COP(=O)([O-])OCC[N+](C)(C)C. The zero-order valence-electron chi connectivity index (χ0n) is 51.3. The van der Waals surface area contributed by atoms with Crippen molar-refractivity contribution in [3.8, 4) is 0 Å². The smallest absolute Gasteiger partial charge is 0.306 e. The van der Waals surface area contributed by atoms with Gasteiger partial charge in [0.1, 0.15) is 19.8 Å². The van der Waals surface area contributed by atoms with Gasteiger partial charge in [0.15, 0.2) is 6.10 Å². The van der Waals surface area contributed by atoms with Crippen molar-refractivity contribution >= 4 is 19.8 Å². The molecule has 0 bridgehead atoms. The predicted octanol–water partition coefficient (Wildman–Crippen LogP) is 20.0. The lowest BCUT2D eigenvalue weighted by Crippen LogP contribution is -2.37. The fourth-order valence-electron chi connectivity index (χ4n) is 8.95. The number of ether oxygens (including phenoxy) is 2. The Balaban J connectivity index is 4.10. The molecule has 0 radical (unpaired) electrons. The van der Waals surface area contributed by atoms with Gasteiger partial charge in [-0.15, -0.1) is 0 Å². The zero-order chi connectivity index (χ0) is 57.0. The van der Waals surface area contributed by atoms with Crippen LogP contribution < -0.4 is 4.89 Å². The fourth-order valence-corrected chi connectivity index (χ4v) is 9.68. The number of rotatable bonds is 59. The number of quaternary nitrogens is 1. The van der Waals surface area contributed by atoms with Crippen LogP contribution in [0.1, 0.15) is 284 Å². The molecule has 0 aliphatic carbocycles. The summed E-state index contributed by atoms with van der Waals surface area (Å²) in [7, 11) is 1.16. The van der Waals surface area contributed by atoms with Gasteiger partial charge in [-0.1, -0.05) is 266 Å². The Labute approximate surface area is 481 Å². The molecule has 2 atom stereocenters. The van der Waals surface area contributed by atoms with Crippen molar-refractivity contribution in [1.82, 2.24) is 0 Å². The van der Waals surface area contributed by atoms with E-state index in [4.69, 9.17) is 18.5 Å². The highest BCUT2D eigenvalue weighted by atomic mass is 31.2. The number of unbranched alkanes of at least 4 members (excludes halogenated alkanes) is 31. The molecule has 0 amide bonds. The molecule has 0 aromatic rings. The second kappa shape index (κ2) is 58.8. The van der Waals surface area contributed by atoms with Gasteiger partial charge >= 0.3 is 11.9 Å². The van der Waals surface area contributed by atoms with Crippen LogP contribution in [0.25, 0.3) is 0 Å². The van der Waals surface area contributed by atoms with E-state index in [0.29, 0.717) is 17.4 Å². The first-order valence-corrected chi connectivity index (χ1v) is 33.8. The molecule has 0 heterocycles. The summed E-state index contributed by atoms with van der Waals surface area (Å²) in [6.07, 6.45) is 79.2.